The van der Waals surface area contributed by atoms with Crippen LogP contribution in [0.3, 0.4) is 0 Å². The fourth-order valence-electron chi connectivity index (χ4n) is 3.69. The Morgan fingerprint density at radius 1 is 1.12 bits per heavy atom. The normalized spacial score (nSPS) is 13.8. The largest absolute Gasteiger partial charge is 0.497 e. The van der Waals surface area contributed by atoms with Crippen molar-refractivity contribution in [2.45, 2.75) is 6.42 Å². The Kier molecular flexibility index (Phi) is 9.76. The van der Waals surface area contributed by atoms with Gasteiger partial charge in [0.1, 0.15) is 5.75 Å². The Morgan fingerprint density at radius 2 is 1.88 bits per heavy atom. The van der Waals surface area contributed by atoms with E-state index < -0.39 is 0 Å². The minimum atomic E-state index is -0.145. The maximum atomic E-state index is 13.3. The molecule has 0 aliphatic carbocycles. The molecule has 184 valence electrons. The number of ether oxygens (including phenoxy) is 4. The number of rotatable bonds is 10. The van der Waals surface area contributed by atoms with E-state index in [0.29, 0.717) is 23.2 Å². The maximum Gasteiger partial charge on any atom is 0.266 e. The number of morpholine rings is 1. The van der Waals surface area contributed by atoms with Crippen LogP contribution >= 0.6 is 23.7 Å². The van der Waals surface area contributed by atoms with Gasteiger partial charge >= 0.3 is 0 Å². The van der Waals surface area contributed by atoms with Gasteiger partial charge in [-0.2, -0.15) is 0 Å². The van der Waals surface area contributed by atoms with Crippen LogP contribution in [0.5, 0.6) is 17.2 Å². The van der Waals surface area contributed by atoms with Crippen LogP contribution in [0.25, 0.3) is 10.2 Å². The Balaban J connectivity index is 0.00000324. The molecular weight excluding hydrogens is 478 g/mol. The fraction of sp³-hybridized carbons (Fsp3) is 0.417. The van der Waals surface area contributed by atoms with Gasteiger partial charge in [0, 0.05) is 26.2 Å². The number of para-hydroxylation sites is 2. The third-order valence-electron chi connectivity index (χ3n) is 5.50. The summed E-state index contributed by atoms with van der Waals surface area (Å²) in [6.07, 6.45) is 0.833. The van der Waals surface area contributed by atoms with Gasteiger partial charge in [0.25, 0.3) is 5.91 Å². The molecule has 0 radical (unpaired) electrons. The molecule has 1 fully saturated rings. The molecule has 8 nitrogen and oxygen atoms in total. The van der Waals surface area contributed by atoms with E-state index in [0.717, 1.165) is 55.2 Å². The van der Waals surface area contributed by atoms with Gasteiger partial charge in [0.2, 0.25) is 0 Å². The van der Waals surface area contributed by atoms with Crippen LogP contribution in [0.4, 0.5) is 5.13 Å². The monoisotopic (exact) mass is 507 g/mol. The van der Waals surface area contributed by atoms with E-state index in [1.165, 1.54) is 11.3 Å². The van der Waals surface area contributed by atoms with Gasteiger partial charge in [-0.05, 0) is 36.8 Å². The topological polar surface area (TPSA) is 73.4 Å². The van der Waals surface area contributed by atoms with Crippen LogP contribution in [-0.2, 0) is 9.53 Å². The predicted molar refractivity (Wildman–Crippen MR) is 136 cm³/mol. The standard InChI is InChI=1S/C24H29N3O5S.ClH/c1-29-18-8-9-19-22(16-18)33-24(25-19)27(11-5-10-26-12-14-31-15-13-26)23(28)17-32-21-7-4-3-6-20(21)30-2;/h3-4,6-9,16H,5,10-15,17H2,1-2H3;1H. The van der Waals surface area contributed by atoms with E-state index in [2.05, 4.69) is 4.90 Å². The molecule has 1 aromatic heterocycles. The van der Waals surface area contributed by atoms with Gasteiger partial charge in [-0.25, -0.2) is 4.98 Å². The molecule has 4 rings (SSSR count). The number of benzene rings is 2. The van der Waals surface area contributed by atoms with E-state index in [9.17, 15) is 4.79 Å². The molecule has 0 bridgehead atoms. The number of carbonyl (C=O) groups excluding carboxylic acids is 1. The summed E-state index contributed by atoms with van der Waals surface area (Å²) in [5.74, 6) is 1.75. The second kappa shape index (κ2) is 12.8. The highest BCUT2D eigenvalue weighted by Crippen LogP contribution is 2.32. The lowest BCUT2D eigenvalue weighted by molar-refractivity contribution is -0.120. The Hall–Kier alpha value is -2.59. The fourth-order valence-corrected chi connectivity index (χ4v) is 4.73. The third-order valence-corrected chi connectivity index (χ3v) is 6.54. The predicted octanol–water partition coefficient (Wildman–Crippen LogP) is 3.87. The molecule has 10 heteroatoms. The number of amides is 1. The molecule has 34 heavy (non-hydrogen) atoms. The lowest BCUT2D eigenvalue weighted by atomic mass is 10.3. The third kappa shape index (κ3) is 6.50. The molecule has 0 atom stereocenters. The van der Waals surface area contributed by atoms with Crippen molar-refractivity contribution in [2.24, 2.45) is 0 Å². The van der Waals surface area contributed by atoms with Crippen molar-refractivity contribution >= 4 is 45.0 Å². The molecule has 2 heterocycles. The van der Waals surface area contributed by atoms with Gasteiger partial charge in [0.05, 0.1) is 37.6 Å². The molecule has 1 saturated heterocycles. The highest BCUT2D eigenvalue weighted by molar-refractivity contribution is 7.22. The van der Waals surface area contributed by atoms with Crippen molar-refractivity contribution in [3.63, 3.8) is 0 Å². The highest BCUT2D eigenvalue weighted by Gasteiger charge is 2.22. The Labute approximate surface area is 209 Å². The molecule has 0 saturated carbocycles. The first-order valence-electron chi connectivity index (χ1n) is 11.0. The van der Waals surface area contributed by atoms with Crippen molar-refractivity contribution in [3.8, 4) is 17.2 Å². The molecule has 2 aromatic carbocycles. The average Bonchev–Trinajstić information content (AvgIpc) is 3.28. The van der Waals surface area contributed by atoms with Crippen molar-refractivity contribution < 1.29 is 23.7 Å². The average molecular weight is 508 g/mol. The number of aromatic nitrogens is 1. The van der Waals surface area contributed by atoms with Gasteiger partial charge in [-0.15, -0.1) is 12.4 Å². The van der Waals surface area contributed by atoms with Crippen molar-refractivity contribution in [1.29, 1.82) is 0 Å². The molecule has 1 amide bonds. The molecule has 1 aliphatic heterocycles. The summed E-state index contributed by atoms with van der Waals surface area (Å²) >= 11 is 1.48. The summed E-state index contributed by atoms with van der Waals surface area (Å²) in [5.41, 5.74) is 0.840. The number of halogens is 1. The van der Waals surface area contributed by atoms with Crippen LogP contribution in [0.15, 0.2) is 42.5 Å². The van der Waals surface area contributed by atoms with E-state index in [1.54, 1.807) is 31.3 Å². The Bertz CT molecular complexity index is 1070. The maximum absolute atomic E-state index is 13.3. The SMILES string of the molecule is COc1ccc2nc(N(CCCN3CCOCC3)C(=O)COc3ccccc3OC)sc2c1.Cl. The number of fused-ring (bicyclic) bond motifs is 1. The number of anilines is 1. The minimum Gasteiger partial charge on any atom is -0.497 e. The van der Waals surface area contributed by atoms with E-state index in [-0.39, 0.29) is 24.9 Å². The molecular formula is C24H30ClN3O5S. The summed E-state index contributed by atoms with van der Waals surface area (Å²) in [6.45, 7) is 4.72. The van der Waals surface area contributed by atoms with Crippen LogP contribution in [-0.4, -0.2) is 76.0 Å². The second-order valence-corrected chi connectivity index (χ2v) is 8.63. The highest BCUT2D eigenvalue weighted by atomic mass is 35.5. The lowest BCUT2D eigenvalue weighted by Gasteiger charge is -2.27. The quantitative estimate of drug-likeness (QED) is 0.412. The molecule has 0 N–H and O–H groups in total. The summed E-state index contributed by atoms with van der Waals surface area (Å²) < 4.78 is 22.9. The van der Waals surface area contributed by atoms with Gasteiger partial charge < -0.3 is 18.9 Å². The number of carbonyl (C=O) groups is 1. The van der Waals surface area contributed by atoms with Crippen molar-refractivity contribution in [3.05, 3.63) is 42.5 Å². The summed E-state index contributed by atoms with van der Waals surface area (Å²) in [6, 6.07) is 13.0. The zero-order valence-corrected chi connectivity index (χ0v) is 21.0. The van der Waals surface area contributed by atoms with E-state index in [4.69, 9.17) is 23.9 Å². The van der Waals surface area contributed by atoms with Crippen LogP contribution in [0, 0.1) is 0 Å². The minimum absolute atomic E-state index is 0. The van der Waals surface area contributed by atoms with Crippen LogP contribution in [0.2, 0.25) is 0 Å². The van der Waals surface area contributed by atoms with E-state index in [1.807, 2.05) is 30.3 Å². The van der Waals surface area contributed by atoms with Crippen molar-refractivity contribution in [2.75, 3.05) is 65.1 Å². The number of hydrogen-bond donors (Lipinski definition) is 0. The number of methoxy groups -OCH3 is 2. The van der Waals surface area contributed by atoms with Crippen LogP contribution in [0.1, 0.15) is 6.42 Å². The second-order valence-electron chi connectivity index (χ2n) is 7.62. The van der Waals surface area contributed by atoms with Gasteiger partial charge in [-0.3, -0.25) is 14.6 Å². The van der Waals surface area contributed by atoms with Gasteiger partial charge in [0.15, 0.2) is 23.2 Å². The zero-order valence-electron chi connectivity index (χ0n) is 19.4. The number of hydrogen-bond acceptors (Lipinski definition) is 8. The smallest absolute Gasteiger partial charge is 0.266 e. The molecule has 0 unspecified atom stereocenters. The lowest BCUT2D eigenvalue weighted by Crippen LogP contribution is -2.40. The van der Waals surface area contributed by atoms with Gasteiger partial charge in [-0.1, -0.05) is 23.5 Å². The van der Waals surface area contributed by atoms with E-state index >= 15 is 0 Å². The summed E-state index contributed by atoms with van der Waals surface area (Å²) in [7, 11) is 3.22. The molecule has 3 aromatic rings. The summed E-state index contributed by atoms with van der Waals surface area (Å²) in [4.78, 5) is 22.1. The first-order valence-corrected chi connectivity index (χ1v) is 11.8. The molecule has 1 aliphatic rings. The molecule has 0 spiro atoms. The first-order chi connectivity index (χ1) is 16.2. The Morgan fingerprint density at radius 3 is 2.62 bits per heavy atom. The number of nitrogens with zero attached hydrogens (tertiary/aromatic N) is 3. The number of thiazole rings is 1. The first kappa shape index (κ1) is 26.0. The zero-order chi connectivity index (χ0) is 23.0. The van der Waals surface area contributed by atoms with Crippen LogP contribution < -0.4 is 19.1 Å². The summed E-state index contributed by atoms with van der Waals surface area (Å²) in [5, 5.41) is 0.661. The van der Waals surface area contributed by atoms with Crippen molar-refractivity contribution in [1.82, 2.24) is 9.88 Å².